The maximum absolute atomic E-state index is 13.3. The first-order chi connectivity index (χ1) is 20.5. The van der Waals surface area contributed by atoms with Crippen LogP contribution in [0.2, 0.25) is 0 Å². The number of hydrogen-bond acceptors (Lipinski definition) is 15. The van der Waals surface area contributed by atoms with E-state index in [4.69, 9.17) is 33.2 Å². The molecule has 4 unspecified atom stereocenters. The summed E-state index contributed by atoms with van der Waals surface area (Å²) in [6.45, 7) is 5.15. The number of esters is 3. The number of ether oxygens (including phenoxy) is 7. The van der Waals surface area contributed by atoms with Gasteiger partial charge in [0.2, 0.25) is 6.29 Å². The molecular formula is C28H40O15. The molecule has 43 heavy (non-hydrogen) atoms. The number of methoxy groups -OCH3 is 2. The molecule has 5 N–H and O–H groups in total. The Morgan fingerprint density at radius 1 is 1.05 bits per heavy atom. The number of aliphatic hydroxyl groups excluding tert-OH is 5. The molecule has 2 saturated heterocycles. The highest BCUT2D eigenvalue weighted by Gasteiger charge is 2.54. The summed E-state index contributed by atoms with van der Waals surface area (Å²) >= 11 is 0. The van der Waals surface area contributed by atoms with Crippen molar-refractivity contribution in [2.75, 3.05) is 27.4 Å². The molecule has 1 aliphatic carbocycles. The van der Waals surface area contributed by atoms with Crippen molar-refractivity contribution < 1.29 is 73.1 Å². The Kier molecular flexibility index (Phi) is 10.8. The molecule has 0 aromatic carbocycles. The molecule has 242 valence electrons. The first kappa shape index (κ1) is 33.3. The van der Waals surface area contributed by atoms with Crippen molar-refractivity contribution in [1.29, 1.82) is 0 Å². The van der Waals surface area contributed by atoms with Crippen molar-refractivity contribution in [2.45, 2.75) is 69.2 Å². The van der Waals surface area contributed by atoms with Crippen LogP contribution in [0.1, 0.15) is 19.8 Å². The number of rotatable bonds is 9. The van der Waals surface area contributed by atoms with Crippen LogP contribution in [0.3, 0.4) is 0 Å². The smallest absolute Gasteiger partial charge is 0.337 e. The average molecular weight is 617 g/mol. The highest BCUT2D eigenvalue weighted by atomic mass is 16.8. The summed E-state index contributed by atoms with van der Waals surface area (Å²) < 4.78 is 37.8. The fraction of sp³-hybridized carbons (Fsp3) is 0.750. The first-order valence-corrected chi connectivity index (χ1v) is 14.1. The van der Waals surface area contributed by atoms with Gasteiger partial charge in [0.25, 0.3) is 0 Å². The maximum Gasteiger partial charge on any atom is 0.337 e. The largest absolute Gasteiger partial charge is 0.471 e. The van der Waals surface area contributed by atoms with Crippen LogP contribution in [0, 0.1) is 35.5 Å². The Hall–Kier alpha value is -2.63. The molecule has 4 rings (SSSR count). The third-order valence-electron chi connectivity index (χ3n) is 9.00. The number of carbonyl (C=O) groups is 3. The van der Waals surface area contributed by atoms with Crippen molar-refractivity contribution in [2.24, 2.45) is 35.5 Å². The summed E-state index contributed by atoms with van der Waals surface area (Å²) in [6.07, 6.45) is -8.63. The van der Waals surface area contributed by atoms with E-state index < -0.39 is 91.7 Å². The minimum absolute atomic E-state index is 0.00609. The Bertz CT molecular complexity index is 1060. The third-order valence-corrected chi connectivity index (χ3v) is 9.00. The van der Waals surface area contributed by atoms with E-state index in [0.29, 0.717) is 6.42 Å². The first-order valence-electron chi connectivity index (χ1n) is 14.1. The summed E-state index contributed by atoms with van der Waals surface area (Å²) in [5.41, 5.74) is -0.00609. The van der Waals surface area contributed by atoms with Gasteiger partial charge in [-0.1, -0.05) is 13.0 Å². The van der Waals surface area contributed by atoms with E-state index in [9.17, 15) is 39.9 Å². The quantitative estimate of drug-likeness (QED) is 0.111. The standard InChI is InChI=1S/C28H40O15/c1-5-12-13(7-19(30)41-17-6-14-15(11(17)2)9-39-26(36)20(14)25(35)38-4)16(24(34)37-3)10-40-27(12)43-28-23(33)22(32)21(31)18(8-29)42-28/h5,10-15,17-18,20-23,26-29,31-33,36H,1,6-9H2,2-4H3/t11-,12?,13?,14+,15-,17+,18-,20+,21-,22+,23-,26?,27?,28+/m1/s1. The van der Waals surface area contributed by atoms with Crippen LogP contribution < -0.4 is 0 Å². The fourth-order valence-electron chi connectivity index (χ4n) is 6.50. The molecule has 3 heterocycles. The maximum atomic E-state index is 13.3. The molecule has 15 nitrogen and oxygen atoms in total. The molecule has 0 amide bonds. The molecule has 15 heteroatoms. The molecule has 0 aromatic rings. The molecule has 14 atom stereocenters. The van der Waals surface area contributed by atoms with Crippen molar-refractivity contribution >= 4 is 17.9 Å². The van der Waals surface area contributed by atoms with Gasteiger partial charge in [0, 0.05) is 11.8 Å². The van der Waals surface area contributed by atoms with Crippen molar-refractivity contribution in [3.63, 3.8) is 0 Å². The van der Waals surface area contributed by atoms with Crippen LogP contribution in [0.25, 0.3) is 0 Å². The van der Waals surface area contributed by atoms with Gasteiger partial charge < -0.3 is 58.7 Å². The second kappa shape index (κ2) is 14.0. The minimum Gasteiger partial charge on any atom is -0.471 e. The lowest BCUT2D eigenvalue weighted by Gasteiger charge is -2.43. The summed E-state index contributed by atoms with van der Waals surface area (Å²) in [4.78, 5) is 38.3. The van der Waals surface area contributed by atoms with E-state index in [0.717, 1.165) is 13.4 Å². The van der Waals surface area contributed by atoms with Gasteiger partial charge in [0.05, 0.1) is 45.7 Å². The molecule has 0 spiro atoms. The van der Waals surface area contributed by atoms with E-state index in [1.807, 2.05) is 6.92 Å². The molecule has 0 bridgehead atoms. The predicted octanol–water partition coefficient (Wildman–Crippen LogP) is -1.65. The van der Waals surface area contributed by atoms with Gasteiger partial charge in [-0.15, -0.1) is 6.58 Å². The van der Waals surface area contributed by atoms with E-state index in [2.05, 4.69) is 6.58 Å². The van der Waals surface area contributed by atoms with Crippen LogP contribution in [0.5, 0.6) is 0 Å². The van der Waals surface area contributed by atoms with E-state index >= 15 is 0 Å². The summed E-state index contributed by atoms with van der Waals surface area (Å²) in [5.74, 6) is -5.53. The Labute approximate surface area is 247 Å². The van der Waals surface area contributed by atoms with Crippen LogP contribution in [0.15, 0.2) is 24.5 Å². The Morgan fingerprint density at radius 3 is 2.40 bits per heavy atom. The van der Waals surface area contributed by atoms with Gasteiger partial charge in [-0.25, -0.2) is 4.79 Å². The lowest BCUT2D eigenvalue weighted by Crippen LogP contribution is -2.60. The number of carbonyl (C=O) groups excluding carboxylic acids is 3. The summed E-state index contributed by atoms with van der Waals surface area (Å²) in [7, 11) is 2.38. The van der Waals surface area contributed by atoms with Gasteiger partial charge in [-0.05, 0) is 24.2 Å². The topological polar surface area (TPSA) is 217 Å². The monoisotopic (exact) mass is 616 g/mol. The third kappa shape index (κ3) is 6.59. The minimum atomic E-state index is -1.72. The van der Waals surface area contributed by atoms with Gasteiger partial charge in [0.15, 0.2) is 12.6 Å². The molecule has 0 radical (unpaired) electrons. The van der Waals surface area contributed by atoms with Crippen LogP contribution >= 0.6 is 0 Å². The van der Waals surface area contributed by atoms with Gasteiger partial charge in [0.1, 0.15) is 36.4 Å². The molecule has 3 aliphatic heterocycles. The predicted molar refractivity (Wildman–Crippen MR) is 140 cm³/mol. The Balaban J connectivity index is 1.49. The number of fused-ring (bicyclic) bond motifs is 1. The average Bonchev–Trinajstić information content (AvgIpc) is 3.30. The number of aliphatic hydroxyl groups is 5. The summed E-state index contributed by atoms with van der Waals surface area (Å²) in [6, 6.07) is 0. The zero-order chi connectivity index (χ0) is 31.6. The van der Waals surface area contributed by atoms with Crippen LogP contribution in [-0.4, -0.2) is 120 Å². The normalized spacial score (nSPS) is 42.6. The number of hydrogen-bond donors (Lipinski definition) is 5. The van der Waals surface area contributed by atoms with Crippen LogP contribution in [-0.2, 0) is 47.5 Å². The zero-order valence-corrected chi connectivity index (χ0v) is 24.1. The Morgan fingerprint density at radius 2 is 1.77 bits per heavy atom. The van der Waals surface area contributed by atoms with Crippen molar-refractivity contribution in [3.8, 4) is 0 Å². The molecule has 3 fully saturated rings. The SMILES string of the molecule is C=CC1C(O[C@@H]2O[C@H](CO)[C@@H](O)[C@H](O)[C@H]2O)OC=C(C(=O)OC)C1CC(=O)O[C@H]1C[C@H]2[C@H](COC(O)[C@@H]2C(=O)OC)[C@H]1C. The highest BCUT2D eigenvalue weighted by Crippen LogP contribution is 2.47. The van der Waals surface area contributed by atoms with Crippen molar-refractivity contribution in [1.82, 2.24) is 0 Å². The molecule has 4 aliphatic rings. The second-order valence-electron chi connectivity index (χ2n) is 11.2. The van der Waals surface area contributed by atoms with E-state index in [-0.39, 0.29) is 36.4 Å². The molecule has 1 saturated carbocycles. The van der Waals surface area contributed by atoms with Gasteiger partial charge >= 0.3 is 17.9 Å². The van der Waals surface area contributed by atoms with Gasteiger partial charge in [-0.3, -0.25) is 9.59 Å². The highest BCUT2D eigenvalue weighted by molar-refractivity contribution is 5.90. The lowest BCUT2D eigenvalue weighted by molar-refractivity contribution is -0.339. The summed E-state index contributed by atoms with van der Waals surface area (Å²) in [5, 5.41) is 50.4. The van der Waals surface area contributed by atoms with E-state index in [1.165, 1.54) is 13.2 Å². The lowest BCUT2D eigenvalue weighted by atomic mass is 9.79. The molecule has 0 aromatic heterocycles. The fourth-order valence-corrected chi connectivity index (χ4v) is 6.50. The van der Waals surface area contributed by atoms with E-state index in [1.54, 1.807) is 0 Å². The van der Waals surface area contributed by atoms with Gasteiger partial charge in [-0.2, -0.15) is 0 Å². The van der Waals surface area contributed by atoms with Crippen molar-refractivity contribution in [3.05, 3.63) is 24.5 Å². The zero-order valence-electron chi connectivity index (χ0n) is 24.1. The van der Waals surface area contributed by atoms with Crippen LogP contribution in [0.4, 0.5) is 0 Å². The molecular weight excluding hydrogens is 576 g/mol. The second-order valence-corrected chi connectivity index (χ2v) is 11.2.